The Morgan fingerprint density at radius 3 is 2.60 bits per heavy atom. The number of nitrogens with zero attached hydrogens (tertiary/aromatic N) is 1. The van der Waals surface area contributed by atoms with Crippen molar-refractivity contribution in [3.63, 3.8) is 0 Å². The number of hydrogen-bond acceptors (Lipinski definition) is 4. The van der Waals surface area contributed by atoms with Crippen LogP contribution in [0.1, 0.15) is 9.67 Å². The van der Waals surface area contributed by atoms with Crippen LogP contribution in [0.3, 0.4) is 0 Å². The molecule has 20 heavy (non-hydrogen) atoms. The summed E-state index contributed by atoms with van der Waals surface area (Å²) in [5.74, 6) is -0.0525. The topological polar surface area (TPSA) is 49.8 Å². The smallest absolute Gasteiger partial charge is 0.267 e. The van der Waals surface area contributed by atoms with Crippen molar-refractivity contribution < 1.29 is 14.6 Å². The van der Waals surface area contributed by atoms with E-state index in [9.17, 15) is 9.90 Å². The molecule has 0 saturated carbocycles. The number of amides is 1. The molecule has 0 bridgehead atoms. The Balaban J connectivity index is 1.87. The predicted molar refractivity (Wildman–Crippen MR) is 78.1 cm³/mol. The van der Waals surface area contributed by atoms with E-state index in [4.69, 9.17) is 4.74 Å². The third kappa shape index (κ3) is 2.55. The molecule has 1 N–H and O–H groups in total. The van der Waals surface area contributed by atoms with Gasteiger partial charge in [0.1, 0.15) is 10.6 Å². The van der Waals surface area contributed by atoms with Gasteiger partial charge in [0.2, 0.25) is 0 Å². The Bertz CT molecular complexity index is 603. The molecule has 0 aliphatic carbocycles. The molecule has 4 nitrogen and oxygen atoms in total. The highest BCUT2D eigenvalue weighted by Crippen LogP contribution is 2.36. The number of ether oxygens (including phenoxy) is 1. The zero-order valence-electron chi connectivity index (χ0n) is 10.9. The molecule has 0 spiro atoms. The summed E-state index contributed by atoms with van der Waals surface area (Å²) in [7, 11) is 0. The van der Waals surface area contributed by atoms with Crippen LogP contribution >= 0.6 is 11.3 Å². The lowest BCUT2D eigenvalue weighted by molar-refractivity contribution is 0.0304. The maximum absolute atomic E-state index is 12.4. The molecule has 1 aliphatic heterocycles. The second kappa shape index (κ2) is 5.64. The quantitative estimate of drug-likeness (QED) is 0.924. The number of morpholine rings is 1. The van der Waals surface area contributed by atoms with E-state index in [2.05, 4.69) is 0 Å². The van der Waals surface area contributed by atoms with Crippen molar-refractivity contribution >= 4 is 17.2 Å². The zero-order valence-corrected chi connectivity index (χ0v) is 11.7. The van der Waals surface area contributed by atoms with E-state index in [1.54, 1.807) is 11.0 Å². The number of thiophene rings is 1. The highest BCUT2D eigenvalue weighted by atomic mass is 32.1. The monoisotopic (exact) mass is 289 g/mol. The first-order valence-corrected chi connectivity index (χ1v) is 7.32. The van der Waals surface area contributed by atoms with Gasteiger partial charge < -0.3 is 14.7 Å². The number of hydrogen-bond donors (Lipinski definition) is 1. The molecule has 2 aromatic rings. The summed E-state index contributed by atoms with van der Waals surface area (Å²) in [6.07, 6.45) is 0. The Morgan fingerprint density at radius 1 is 1.20 bits per heavy atom. The fraction of sp³-hybridized carbons (Fsp3) is 0.267. The molecule has 5 heteroatoms. The SMILES string of the molecule is O=C(c1sc(-c2ccccc2)cc1O)N1CCOCC1. The van der Waals surface area contributed by atoms with Crippen molar-refractivity contribution in [2.75, 3.05) is 26.3 Å². The molecule has 1 amide bonds. The van der Waals surface area contributed by atoms with Crippen molar-refractivity contribution in [1.82, 2.24) is 4.90 Å². The molecule has 1 fully saturated rings. The Morgan fingerprint density at radius 2 is 1.90 bits per heavy atom. The van der Waals surface area contributed by atoms with Gasteiger partial charge in [-0.25, -0.2) is 0 Å². The largest absolute Gasteiger partial charge is 0.506 e. The van der Waals surface area contributed by atoms with Crippen LogP contribution in [0, 0.1) is 0 Å². The van der Waals surface area contributed by atoms with E-state index in [1.165, 1.54) is 11.3 Å². The van der Waals surface area contributed by atoms with E-state index < -0.39 is 0 Å². The lowest BCUT2D eigenvalue weighted by Gasteiger charge is -2.26. The molecule has 1 saturated heterocycles. The molecule has 1 aromatic carbocycles. The fourth-order valence-electron chi connectivity index (χ4n) is 2.19. The Hall–Kier alpha value is -1.85. The first-order chi connectivity index (χ1) is 9.75. The van der Waals surface area contributed by atoms with Gasteiger partial charge in [-0.05, 0) is 11.6 Å². The van der Waals surface area contributed by atoms with Gasteiger partial charge in [0, 0.05) is 18.0 Å². The minimum atomic E-state index is -0.113. The Kier molecular flexibility index (Phi) is 3.71. The fourth-order valence-corrected chi connectivity index (χ4v) is 3.21. The molecule has 1 aromatic heterocycles. The average Bonchev–Trinajstić information content (AvgIpc) is 2.90. The highest BCUT2D eigenvalue weighted by Gasteiger charge is 2.23. The minimum absolute atomic E-state index is 0.0605. The zero-order chi connectivity index (χ0) is 13.9. The summed E-state index contributed by atoms with van der Waals surface area (Å²) >= 11 is 1.33. The van der Waals surface area contributed by atoms with Crippen LogP contribution in [0.4, 0.5) is 0 Å². The van der Waals surface area contributed by atoms with Crippen LogP contribution in [0.5, 0.6) is 5.75 Å². The Labute approximate surface area is 121 Å². The van der Waals surface area contributed by atoms with E-state index in [0.717, 1.165) is 10.4 Å². The van der Waals surface area contributed by atoms with E-state index in [-0.39, 0.29) is 11.7 Å². The second-order valence-corrected chi connectivity index (χ2v) is 5.65. The van der Waals surface area contributed by atoms with Gasteiger partial charge in [0.15, 0.2) is 0 Å². The lowest BCUT2D eigenvalue weighted by atomic mass is 10.2. The van der Waals surface area contributed by atoms with E-state index in [1.807, 2.05) is 30.3 Å². The standard InChI is InChI=1S/C15H15NO3S/c17-12-10-13(11-4-2-1-3-5-11)20-14(12)15(18)16-6-8-19-9-7-16/h1-5,10,17H,6-9H2. The lowest BCUT2D eigenvalue weighted by Crippen LogP contribution is -2.40. The van der Waals surface area contributed by atoms with Gasteiger partial charge >= 0.3 is 0 Å². The number of aromatic hydroxyl groups is 1. The molecule has 0 unspecified atom stereocenters. The first-order valence-electron chi connectivity index (χ1n) is 6.51. The number of rotatable bonds is 2. The third-order valence-corrected chi connectivity index (χ3v) is 4.42. The van der Waals surface area contributed by atoms with Crippen molar-refractivity contribution in [3.8, 4) is 16.2 Å². The molecule has 0 atom stereocenters. The van der Waals surface area contributed by atoms with E-state index >= 15 is 0 Å². The van der Waals surface area contributed by atoms with Crippen molar-refractivity contribution in [2.24, 2.45) is 0 Å². The number of benzene rings is 1. The second-order valence-electron chi connectivity index (χ2n) is 4.60. The third-order valence-electron chi connectivity index (χ3n) is 3.26. The van der Waals surface area contributed by atoms with Crippen molar-refractivity contribution in [2.45, 2.75) is 0 Å². The highest BCUT2D eigenvalue weighted by molar-refractivity contribution is 7.17. The summed E-state index contributed by atoms with van der Waals surface area (Å²) in [4.78, 5) is 15.4. The van der Waals surface area contributed by atoms with Crippen LogP contribution < -0.4 is 0 Å². The van der Waals surface area contributed by atoms with Crippen molar-refractivity contribution in [1.29, 1.82) is 0 Å². The normalized spacial score (nSPS) is 15.3. The molecule has 1 aliphatic rings. The molecular weight excluding hydrogens is 274 g/mol. The molecule has 104 valence electrons. The van der Waals surface area contributed by atoms with Crippen LogP contribution in [0.25, 0.3) is 10.4 Å². The van der Waals surface area contributed by atoms with Gasteiger partial charge in [-0.1, -0.05) is 30.3 Å². The van der Waals surface area contributed by atoms with Crippen molar-refractivity contribution in [3.05, 3.63) is 41.3 Å². The van der Waals surface area contributed by atoms with Crippen LogP contribution in [0.2, 0.25) is 0 Å². The summed E-state index contributed by atoms with van der Waals surface area (Å²) in [5.41, 5.74) is 1.01. The predicted octanol–water partition coefficient (Wildman–Crippen LogP) is 2.59. The molecule has 0 radical (unpaired) electrons. The molecular formula is C15H15NO3S. The first kappa shape index (κ1) is 13.1. The van der Waals surface area contributed by atoms with Crippen LogP contribution in [-0.2, 0) is 4.74 Å². The van der Waals surface area contributed by atoms with Gasteiger partial charge in [-0.2, -0.15) is 0 Å². The van der Waals surface area contributed by atoms with Gasteiger partial charge in [0.25, 0.3) is 5.91 Å². The summed E-state index contributed by atoms with van der Waals surface area (Å²) < 4.78 is 5.24. The molecule has 3 rings (SSSR count). The number of carbonyl (C=O) groups excluding carboxylic acids is 1. The number of carbonyl (C=O) groups is 1. The summed E-state index contributed by atoms with van der Waals surface area (Å²) in [6, 6.07) is 11.4. The van der Waals surface area contributed by atoms with Crippen LogP contribution in [-0.4, -0.2) is 42.2 Å². The van der Waals surface area contributed by atoms with Gasteiger partial charge in [-0.3, -0.25) is 4.79 Å². The maximum Gasteiger partial charge on any atom is 0.267 e. The average molecular weight is 289 g/mol. The summed E-state index contributed by atoms with van der Waals surface area (Å²) in [5, 5.41) is 10.0. The minimum Gasteiger partial charge on any atom is -0.506 e. The maximum atomic E-state index is 12.4. The van der Waals surface area contributed by atoms with Crippen LogP contribution in [0.15, 0.2) is 36.4 Å². The van der Waals surface area contributed by atoms with Gasteiger partial charge in [-0.15, -0.1) is 11.3 Å². The summed E-state index contributed by atoms with van der Waals surface area (Å²) in [6.45, 7) is 2.28. The van der Waals surface area contributed by atoms with E-state index in [0.29, 0.717) is 31.2 Å². The molecule has 2 heterocycles. The van der Waals surface area contributed by atoms with Gasteiger partial charge in [0.05, 0.1) is 13.2 Å².